The number of rotatable bonds is 9. The lowest BCUT2D eigenvalue weighted by atomic mass is 9.90. The second-order valence-electron chi connectivity index (χ2n) is 5.78. The molecule has 0 fully saturated rings. The van der Waals surface area contributed by atoms with E-state index in [1.165, 1.54) is 24.3 Å². The van der Waals surface area contributed by atoms with Crippen LogP contribution >= 0.6 is 0 Å². The lowest BCUT2D eigenvalue weighted by Gasteiger charge is -2.21. The van der Waals surface area contributed by atoms with Crippen LogP contribution in [0.15, 0.2) is 24.3 Å². The summed E-state index contributed by atoms with van der Waals surface area (Å²) in [5, 5.41) is 11.8. The van der Waals surface area contributed by atoms with Crippen LogP contribution in [0.3, 0.4) is 0 Å². The molecule has 1 amide bonds. The molecule has 1 rings (SSSR count). The van der Waals surface area contributed by atoms with Gasteiger partial charge in [0.05, 0.1) is 6.54 Å². The van der Waals surface area contributed by atoms with Crippen LogP contribution in [-0.4, -0.2) is 29.6 Å². The largest absolute Gasteiger partial charge is 0.478 e. The number of ether oxygens (including phenoxy) is 1. The Kier molecular flexibility index (Phi) is 7.51. The number of carbonyl (C=O) groups excluding carboxylic acids is 1. The quantitative estimate of drug-likeness (QED) is 0.732. The second kappa shape index (κ2) is 9.12. The van der Waals surface area contributed by atoms with Crippen LogP contribution in [0.2, 0.25) is 0 Å². The molecule has 6 heteroatoms. The summed E-state index contributed by atoms with van der Waals surface area (Å²) in [7, 11) is 0. The zero-order valence-corrected chi connectivity index (χ0v) is 13.7. The summed E-state index contributed by atoms with van der Waals surface area (Å²) >= 11 is 0. The number of carboxylic acid groups (broad SMARTS) is 1. The minimum Gasteiger partial charge on any atom is -0.478 e. The summed E-state index contributed by atoms with van der Waals surface area (Å²) in [4.78, 5) is 23.5. The topological polar surface area (TPSA) is 75.6 Å². The van der Waals surface area contributed by atoms with E-state index in [-0.39, 0.29) is 30.0 Å². The van der Waals surface area contributed by atoms with Crippen molar-refractivity contribution >= 4 is 11.9 Å². The summed E-state index contributed by atoms with van der Waals surface area (Å²) in [5.74, 6) is -1.53. The monoisotopic (exact) mass is 325 g/mol. The van der Waals surface area contributed by atoms with E-state index in [0.29, 0.717) is 0 Å². The lowest BCUT2D eigenvalue weighted by molar-refractivity contribution is -0.145. The zero-order valence-electron chi connectivity index (χ0n) is 13.7. The van der Waals surface area contributed by atoms with E-state index in [9.17, 15) is 19.1 Å². The highest BCUT2D eigenvalue weighted by atomic mass is 19.1. The van der Waals surface area contributed by atoms with Crippen molar-refractivity contribution in [3.8, 4) is 5.75 Å². The van der Waals surface area contributed by atoms with Crippen molar-refractivity contribution in [3.05, 3.63) is 30.1 Å². The first kappa shape index (κ1) is 18.9. The minimum absolute atomic E-state index is 0.140. The molecular formula is C17H24FNO4. The van der Waals surface area contributed by atoms with E-state index in [1.807, 2.05) is 20.8 Å². The Morgan fingerprint density at radius 3 is 2.35 bits per heavy atom. The summed E-state index contributed by atoms with van der Waals surface area (Å²) in [6.07, 6.45) is 0.406. The van der Waals surface area contributed by atoms with Crippen LogP contribution in [-0.2, 0) is 9.59 Å². The van der Waals surface area contributed by atoms with Crippen molar-refractivity contribution in [1.82, 2.24) is 5.32 Å². The van der Waals surface area contributed by atoms with Crippen molar-refractivity contribution in [1.29, 1.82) is 0 Å². The number of nitrogens with one attached hydrogen (secondary N) is 1. The van der Waals surface area contributed by atoms with Crippen LogP contribution in [0.1, 0.15) is 33.6 Å². The van der Waals surface area contributed by atoms with Gasteiger partial charge >= 0.3 is 5.97 Å². The summed E-state index contributed by atoms with van der Waals surface area (Å²) in [6, 6.07) is 5.06. The van der Waals surface area contributed by atoms with Crippen LogP contribution in [0.25, 0.3) is 0 Å². The van der Waals surface area contributed by atoms with Gasteiger partial charge in [0, 0.05) is 5.92 Å². The molecule has 0 aromatic heterocycles. The summed E-state index contributed by atoms with van der Waals surface area (Å²) in [5.41, 5.74) is 0. The molecule has 0 saturated heterocycles. The molecular weight excluding hydrogens is 301 g/mol. The zero-order chi connectivity index (χ0) is 17.4. The molecule has 2 unspecified atom stereocenters. The SMILES string of the molecule is CCCC(C(=O)NCC(Oc1ccc(F)cc1)C(=O)O)C(C)C. The molecule has 0 aliphatic rings. The average molecular weight is 325 g/mol. The fourth-order valence-corrected chi connectivity index (χ4v) is 2.26. The maximum atomic E-state index is 12.8. The highest BCUT2D eigenvalue weighted by molar-refractivity contribution is 5.80. The molecule has 5 nitrogen and oxygen atoms in total. The van der Waals surface area contributed by atoms with Crippen LogP contribution in [0.5, 0.6) is 5.75 Å². The van der Waals surface area contributed by atoms with Crippen molar-refractivity contribution in [2.24, 2.45) is 11.8 Å². The van der Waals surface area contributed by atoms with Crippen molar-refractivity contribution in [2.45, 2.75) is 39.7 Å². The van der Waals surface area contributed by atoms with Gasteiger partial charge in [0.15, 0.2) is 0 Å². The number of benzene rings is 1. The molecule has 0 aliphatic heterocycles. The first-order valence-electron chi connectivity index (χ1n) is 7.77. The smallest absolute Gasteiger partial charge is 0.346 e. The molecule has 0 radical (unpaired) electrons. The fraction of sp³-hybridized carbons (Fsp3) is 0.529. The molecule has 0 bridgehead atoms. The molecule has 0 saturated carbocycles. The molecule has 1 aromatic rings. The molecule has 23 heavy (non-hydrogen) atoms. The maximum Gasteiger partial charge on any atom is 0.346 e. The van der Waals surface area contributed by atoms with Gasteiger partial charge in [-0.15, -0.1) is 0 Å². The molecule has 2 atom stereocenters. The van der Waals surface area contributed by atoms with Gasteiger partial charge in [-0.25, -0.2) is 9.18 Å². The van der Waals surface area contributed by atoms with E-state index in [2.05, 4.69) is 5.32 Å². The van der Waals surface area contributed by atoms with Gasteiger partial charge in [0.25, 0.3) is 0 Å². The van der Waals surface area contributed by atoms with Crippen LogP contribution in [0.4, 0.5) is 4.39 Å². The van der Waals surface area contributed by atoms with Gasteiger partial charge in [0.1, 0.15) is 11.6 Å². The molecule has 0 heterocycles. The van der Waals surface area contributed by atoms with Crippen LogP contribution < -0.4 is 10.1 Å². The number of aliphatic carboxylic acids is 1. The Bertz CT molecular complexity index is 516. The molecule has 0 spiro atoms. The Hall–Kier alpha value is -2.11. The van der Waals surface area contributed by atoms with Gasteiger partial charge in [-0.1, -0.05) is 27.2 Å². The van der Waals surface area contributed by atoms with Crippen molar-refractivity contribution in [3.63, 3.8) is 0 Å². The first-order chi connectivity index (χ1) is 10.8. The number of carboxylic acids is 1. The van der Waals surface area contributed by atoms with Gasteiger partial charge in [0.2, 0.25) is 12.0 Å². The van der Waals surface area contributed by atoms with Crippen LogP contribution in [0, 0.1) is 17.7 Å². The molecule has 1 aromatic carbocycles. The highest BCUT2D eigenvalue weighted by Gasteiger charge is 2.25. The third-order valence-electron chi connectivity index (χ3n) is 3.57. The van der Waals surface area contributed by atoms with Crippen molar-refractivity contribution in [2.75, 3.05) is 6.54 Å². The van der Waals surface area contributed by atoms with E-state index < -0.39 is 17.9 Å². The maximum absolute atomic E-state index is 12.8. The van der Waals surface area contributed by atoms with E-state index >= 15 is 0 Å². The third kappa shape index (κ3) is 6.26. The van der Waals surface area contributed by atoms with E-state index in [4.69, 9.17) is 4.74 Å². The Morgan fingerprint density at radius 2 is 1.87 bits per heavy atom. The van der Waals surface area contributed by atoms with Gasteiger partial charge < -0.3 is 15.2 Å². The lowest BCUT2D eigenvalue weighted by Crippen LogP contribution is -2.43. The minimum atomic E-state index is -1.22. The standard InChI is InChI=1S/C17H24FNO4/c1-4-5-14(11(2)3)16(20)19-10-15(17(21)22)23-13-8-6-12(18)7-9-13/h6-9,11,14-15H,4-5,10H2,1-3H3,(H,19,20)(H,21,22). The summed E-state index contributed by atoms with van der Waals surface area (Å²) in [6.45, 7) is 5.78. The Labute approximate surface area is 135 Å². The predicted molar refractivity (Wildman–Crippen MR) is 84.7 cm³/mol. The molecule has 0 aliphatic carbocycles. The number of hydrogen-bond donors (Lipinski definition) is 2. The van der Waals surface area contributed by atoms with E-state index in [0.717, 1.165) is 12.8 Å². The fourth-order valence-electron chi connectivity index (χ4n) is 2.26. The highest BCUT2D eigenvalue weighted by Crippen LogP contribution is 2.17. The number of halogens is 1. The molecule has 2 N–H and O–H groups in total. The Morgan fingerprint density at radius 1 is 1.26 bits per heavy atom. The predicted octanol–water partition coefficient (Wildman–Crippen LogP) is 2.85. The summed E-state index contributed by atoms with van der Waals surface area (Å²) < 4.78 is 18.1. The number of hydrogen-bond acceptors (Lipinski definition) is 3. The average Bonchev–Trinajstić information content (AvgIpc) is 2.49. The van der Waals surface area contributed by atoms with Gasteiger partial charge in [-0.05, 0) is 36.6 Å². The Balaban J connectivity index is 2.64. The number of carbonyl (C=O) groups is 2. The van der Waals surface area contributed by atoms with Gasteiger partial charge in [-0.3, -0.25) is 4.79 Å². The van der Waals surface area contributed by atoms with E-state index in [1.54, 1.807) is 0 Å². The first-order valence-corrected chi connectivity index (χ1v) is 7.77. The van der Waals surface area contributed by atoms with Crippen molar-refractivity contribution < 1.29 is 23.8 Å². The van der Waals surface area contributed by atoms with Gasteiger partial charge in [-0.2, -0.15) is 0 Å². The second-order valence-corrected chi connectivity index (χ2v) is 5.78. The number of amides is 1. The normalized spacial score (nSPS) is 13.4. The molecule has 128 valence electrons. The third-order valence-corrected chi connectivity index (χ3v) is 3.57.